The van der Waals surface area contributed by atoms with E-state index in [4.69, 9.17) is 16.3 Å². The van der Waals surface area contributed by atoms with Gasteiger partial charge in [-0.3, -0.25) is 19.3 Å². The molecule has 0 bridgehead atoms. The number of rotatable bonds is 6. The lowest BCUT2D eigenvalue weighted by molar-refractivity contribution is -0.135. The summed E-state index contributed by atoms with van der Waals surface area (Å²) >= 11 is 10.9. The van der Waals surface area contributed by atoms with Crippen molar-refractivity contribution in [2.24, 2.45) is 0 Å². The normalized spacial score (nSPS) is 17.0. The second kappa shape index (κ2) is 10.7. The van der Waals surface area contributed by atoms with E-state index in [0.29, 0.717) is 40.5 Å². The molecule has 0 spiro atoms. The number of thioether (sulfide) groups is 1. The lowest BCUT2D eigenvalue weighted by Crippen LogP contribution is -2.40. The van der Waals surface area contributed by atoms with Gasteiger partial charge in [0.15, 0.2) is 5.75 Å². The molecule has 2 aliphatic heterocycles. The van der Waals surface area contributed by atoms with Gasteiger partial charge in [0.05, 0.1) is 14.4 Å². The monoisotopic (exact) mass is 584 g/mol. The summed E-state index contributed by atoms with van der Waals surface area (Å²) in [6.45, 7) is 1.45. The highest BCUT2D eigenvalue weighted by Gasteiger charge is 2.37. The van der Waals surface area contributed by atoms with Crippen molar-refractivity contribution in [1.29, 1.82) is 0 Å². The highest BCUT2D eigenvalue weighted by Crippen LogP contribution is 2.38. The van der Waals surface area contributed by atoms with Gasteiger partial charge in [0.2, 0.25) is 5.91 Å². The van der Waals surface area contributed by atoms with E-state index < -0.39 is 11.1 Å². The number of carbonyl (C=O) groups excluding carboxylic acids is 3. The molecular formula is C27H22BrClN2O4S. The third-order valence-corrected chi connectivity index (χ3v) is 7.97. The number of imide groups is 1. The summed E-state index contributed by atoms with van der Waals surface area (Å²) in [5.41, 5.74) is 1.68. The molecular weight excluding hydrogens is 564 g/mol. The lowest BCUT2D eigenvalue weighted by Gasteiger charge is -2.18. The van der Waals surface area contributed by atoms with Gasteiger partial charge in [-0.25, -0.2) is 0 Å². The van der Waals surface area contributed by atoms with Gasteiger partial charge in [-0.2, -0.15) is 0 Å². The van der Waals surface area contributed by atoms with E-state index >= 15 is 0 Å². The van der Waals surface area contributed by atoms with Gasteiger partial charge in [0.25, 0.3) is 11.1 Å². The van der Waals surface area contributed by atoms with Gasteiger partial charge in [0, 0.05) is 13.1 Å². The van der Waals surface area contributed by atoms with Crippen LogP contribution in [0.25, 0.3) is 16.8 Å². The Morgan fingerprint density at radius 1 is 1.08 bits per heavy atom. The van der Waals surface area contributed by atoms with E-state index in [2.05, 4.69) is 34.1 Å². The number of amides is 3. The van der Waals surface area contributed by atoms with Crippen molar-refractivity contribution >= 4 is 73.2 Å². The Balaban J connectivity index is 1.30. The SMILES string of the molecule is O=C(CN1C(=O)S/C(=C/c2cc(Cl)c(OCc3cccc4ccccc34)c(Br)c2)C1=O)N1CCCC1. The van der Waals surface area contributed by atoms with Crippen LogP contribution in [-0.2, 0) is 16.2 Å². The maximum absolute atomic E-state index is 12.8. The number of hydrogen-bond donors (Lipinski definition) is 0. The van der Waals surface area contributed by atoms with Crippen molar-refractivity contribution in [3.05, 3.63) is 80.1 Å². The minimum absolute atomic E-state index is 0.200. The van der Waals surface area contributed by atoms with Gasteiger partial charge in [0.1, 0.15) is 13.2 Å². The molecule has 3 aromatic rings. The Bertz CT molecular complexity index is 1380. The van der Waals surface area contributed by atoms with Crippen LogP contribution in [0.5, 0.6) is 5.75 Å². The molecule has 184 valence electrons. The zero-order chi connectivity index (χ0) is 25.2. The first-order chi connectivity index (χ1) is 17.4. The number of benzene rings is 3. The molecule has 0 radical (unpaired) electrons. The number of nitrogens with zero attached hydrogens (tertiary/aromatic N) is 2. The highest BCUT2D eigenvalue weighted by atomic mass is 79.9. The summed E-state index contributed by atoms with van der Waals surface area (Å²) in [7, 11) is 0. The molecule has 2 fully saturated rings. The van der Waals surface area contributed by atoms with E-state index in [0.717, 1.165) is 45.8 Å². The summed E-state index contributed by atoms with van der Waals surface area (Å²) < 4.78 is 6.69. The maximum atomic E-state index is 12.8. The molecule has 36 heavy (non-hydrogen) atoms. The Morgan fingerprint density at radius 3 is 2.61 bits per heavy atom. The highest BCUT2D eigenvalue weighted by molar-refractivity contribution is 9.10. The molecule has 0 N–H and O–H groups in total. The second-order valence-corrected chi connectivity index (χ2v) is 10.9. The molecule has 3 amide bonds. The van der Waals surface area contributed by atoms with Crippen molar-refractivity contribution in [3.63, 3.8) is 0 Å². The van der Waals surface area contributed by atoms with E-state index in [1.807, 2.05) is 24.3 Å². The van der Waals surface area contributed by atoms with Crippen LogP contribution in [0.15, 0.2) is 64.0 Å². The first-order valence-corrected chi connectivity index (χ1v) is 13.5. The van der Waals surface area contributed by atoms with Crippen molar-refractivity contribution < 1.29 is 19.1 Å². The van der Waals surface area contributed by atoms with Crippen molar-refractivity contribution in [3.8, 4) is 5.75 Å². The van der Waals surface area contributed by atoms with Crippen LogP contribution in [-0.4, -0.2) is 46.5 Å². The molecule has 0 atom stereocenters. The fourth-order valence-corrected chi connectivity index (χ4v) is 6.19. The molecule has 0 saturated carbocycles. The van der Waals surface area contributed by atoms with Crippen LogP contribution in [0.4, 0.5) is 4.79 Å². The molecule has 6 nitrogen and oxygen atoms in total. The molecule has 9 heteroatoms. The molecule has 2 aliphatic rings. The summed E-state index contributed by atoms with van der Waals surface area (Å²) in [6, 6.07) is 17.6. The molecule has 5 rings (SSSR count). The molecule has 3 aromatic carbocycles. The number of ether oxygens (including phenoxy) is 1. The van der Waals surface area contributed by atoms with Crippen LogP contribution >= 0.6 is 39.3 Å². The van der Waals surface area contributed by atoms with E-state index in [9.17, 15) is 14.4 Å². The summed E-state index contributed by atoms with van der Waals surface area (Å²) in [5, 5.41) is 2.18. The summed E-state index contributed by atoms with van der Waals surface area (Å²) in [6.07, 6.45) is 3.51. The Morgan fingerprint density at radius 2 is 1.83 bits per heavy atom. The van der Waals surface area contributed by atoms with Gasteiger partial charge < -0.3 is 9.64 Å². The molecule has 0 aliphatic carbocycles. The standard InChI is InChI=1S/C27H22BrClN2O4S/c28-21-12-17(14-23-26(33)31(27(34)36-23)15-24(32)30-10-3-4-11-30)13-22(29)25(21)35-16-19-8-5-7-18-6-1-2-9-20(18)19/h1-2,5-9,12-14H,3-4,10-11,15-16H2/b23-14+. The van der Waals surface area contributed by atoms with Crippen LogP contribution < -0.4 is 4.74 Å². The predicted molar refractivity (Wildman–Crippen MR) is 146 cm³/mol. The summed E-state index contributed by atoms with van der Waals surface area (Å²) in [4.78, 5) is 40.7. The third-order valence-electron chi connectivity index (χ3n) is 6.20. The van der Waals surface area contributed by atoms with Crippen molar-refractivity contribution in [2.75, 3.05) is 19.6 Å². The Kier molecular flexibility index (Phi) is 7.37. The van der Waals surface area contributed by atoms with Crippen LogP contribution in [0.2, 0.25) is 5.02 Å². The zero-order valence-corrected chi connectivity index (χ0v) is 22.4. The average Bonchev–Trinajstić information content (AvgIpc) is 3.49. The maximum Gasteiger partial charge on any atom is 0.294 e. The largest absolute Gasteiger partial charge is 0.486 e. The first kappa shape index (κ1) is 24.9. The van der Waals surface area contributed by atoms with Gasteiger partial charge >= 0.3 is 0 Å². The van der Waals surface area contributed by atoms with Crippen LogP contribution in [0, 0.1) is 0 Å². The van der Waals surface area contributed by atoms with Gasteiger partial charge in [-0.05, 0) is 80.6 Å². The fourth-order valence-electron chi connectivity index (χ4n) is 4.36. The number of fused-ring (bicyclic) bond motifs is 1. The number of likely N-dealkylation sites (tertiary alicyclic amines) is 1. The molecule has 2 saturated heterocycles. The quantitative estimate of drug-likeness (QED) is 0.309. The number of halogens is 2. The Hall–Kier alpha value is -2.81. The average molecular weight is 586 g/mol. The predicted octanol–water partition coefficient (Wildman–Crippen LogP) is 6.49. The molecule has 0 unspecified atom stereocenters. The fraction of sp³-hybridized carbons (Fsp3) is 0.222. The molecule has 2 heterocycles. The van der Waals surface area contributed by atoms with Gasteiger partial charge in [-0.1, -0.05) is 54.1 Å². The minimum Gasteiger partial charge on any atom is -0.486 e. The summed E-state index contributed by atoms with van der Waals surface area (Å²) in [5.74, 6) is -0.179. The van der Waals surface area contributed by atoms with Gasteiger partial charge in [-0.15, -0.1) is 0 Å². The third kappa shape index (κ3) is 5.16. The van der Waals surface area contributed by atoms with Crippen LogP contribution in [0.3, 0.4) is 0 Å². The van der Waals surface area contributed by atoms with Crippen molar-refractivity contribution in [1.82, 2.24) is 9.80 Å². The van der Waals surface area contributed by atoms with Crippen LogP contribution in [0.1, 0.15) is 24.0 Å². The smallest absolute Gasteiger partial charge is 0.294 e. The van der Waals surface area contributed by atoms with E-state index in [1.54, 1.807) is 23.1 Å². The lowest BCUT2D eigenvalue weighted by atomic mass is 10.1. The van der Waals surface area contributed by atoms with E-state index in [-0.39, 0.29) is 17.4 Å². The number of carbonyl (C=O) groups is 3. The second-order valence-electron chi connectivity index (χ2n) is 8.60. The van der Waals surface area contributed by atoms with Crippen molar-refractivity contribution in [2.45, 2.75) is 19.4 Å². The molecule has 0 aromatic heterocycles. The van der Waals surface area contributed by atoms with E-state index in [1.165, 1.54) is 0 Å². The minimum atomic E-state index is -0.471. The Labute approximate surface area is 226 Å². The first-order valence-electron chi connectivity index (χ1n) is 11.5. The zero-order valence-electron chi connectivity index (χ0n) is 19.2. The number of hydrogen-bond acceptors (Lipinski definition) is 5. The topological polar surface area (TPSA) is 66.9 Å².